The minimum Gasteiger partial charge on any atom is -0.312 e. The molecule has 0 radical (unpaired) electrons. The zero-order valence-corrected chi connectivity index (χ0v) is 11.3. The van der Waals surface area contributed by atoms with E-state index in [0.29, 0.717) is 6.54 Å². The van der Waals surface area contributed by atoms with Crippen molar-refractivity contribution in [2.24, 2.45) is 0 Å². The van der Waals surface area contributed by atoms with Gasteiger partial charge in [0.1, 0.15) is 11.6 Å². The van der Waals surface area contributed by atoms with E-state index in [9.17, 15) is 10.1 Å². The Morgan fingerprint density at radius 1 is 1.35 bits per heavy atom. The molecule has 1 aliphatic heterocycles. The Kier molecular flexibility index (Phi) is 3.13. The van der Waals surface area contributed by atoms with Crippen LogP contribution in [0.4, 0.5) is 0 Å². The maximum Gasteiger partial charge on any atom is 0.273 e. The van der Waals surface area contributed by atoms with Gasteiger partial charge in [-0.05, 0) is 30.2 Å². The highest BCUT2D eigenvalue weighted by molar-refractivity contribution is 5.46. The van der Waals surface area contributed by atoms with Crippen molar-refractivity contribution in [1.29, 1.82) is 5.26 Å². The number of aryl methyl sites for hydroxylation is 1. The van der Waals surface area contributed by atoms with Crippen molar-refractivity contribution in [2.45, 2.75) is 19.9 Å². The first kappa shape index (κ1) is 12.6. The molecular weight excluding hydrogens is 250 g/mol. The summed E-state index contributed by atoms with van der Waals surface area (Å²) >= 11 is 0. The third-order valence-electron chi connectivity index (χ3n) is 3.72. The van der Waals surface area contributed by atoms with Gasteiger partial charge in [0.15, 0.2) is 0 Å². The van der Waals surface area contributed by atoms with Crippen LogP contribution in [0.3, 0.4) is 0 Å². The smallest absolute Gasteiger partial charge is 0.273 e. The molecule has 4 nitrogen and oxygen atoms in total. The van der Waals surface area contributed by atoms with Crippen molar-refractivity contribution in [3.05, 3.63) is 63.1 Å². The first-order valence-corrected chi connectivity index (χ1v) is 6.67. The highest BCUT2D eigenvalue weighted by Crippen LogP contribution is 2.19. The topological polar surface area (TPSA) is 57.8 Å². The zero-order valence-electron chi connectivity index (χ0n) is 11.3. The quantitative estimate of drug-likeness (QED) is 0.853. The van der Waals surface area contributed by atoms with Crippen molar-refractivity contribution in [3.8, 4) is 11.8 Å². The minimum absolute atomic E-state index is 0.204. The predicted octanol–water partition coefficient (Wildman–Crippen LogP) is 1.66. The number of fused-ring (bicyclic) bond motifs is 1. The van der Waals surface area contributed by atoms with E-state index in [1.807, 2.05) is 37.3 Å². The van der Waals surface area contributed by atoms with Crippen LogP contribution in [-0.4, -0.2) is 11.1 Å². The summed E-state index contributed by atoms with van der Waals surface area (Å²) in [5.41, 5.74) is 3.94. The zero-order chi connectivity index (χ0) is 14.1. The van der Waals surface area contributed by atoms with E-state index < -0.39 is 0 Å². The summed E-state index contributed by atoms with van der Waals surface area (Å²) < 4.78 is 1.71. The lowest BCUT2D eigenvalue weighted by Gasteiger charge is -2.23. The molecule has 0 saturated carbocycles. The highest BCUT2D eigenvalue weighted by Gasteiger charge is 2.19. The highest BCUT2D eigenvalue weighted by atomic mass is 16.1. The Labute approximate surface area is 117 Å². The standard InChI is InChI=1S/C16H15N3O/c1-11-4-2-3-5-14(11)19-15-6-7-18-10-13(15)8-12(9-17)16(19)20/h2-5,8,18H,6-7,10H2,1H3. The van der Waals surface area contributed by atoms with Crippen molar-refractivity contribution in [2.75, 3.05) is 6.54 Å². The van der Waals surface area contributed by atoms with Crippen LogP contribution < -0.4 is 10.9 Å². The molecule has 0 atom stereocenters. The molecule has 1 N–H and O–H groups in total. The second kappa shape index (κ2) is 4.95. The van der Waals surface area contributed by atoms with Gasteiger partial charge in [-0.15, -0.1) is 0 Å². The Balaban J connectivity index is 2.37. The van der Waals surface area contributed by atoms with Crippen LogP contribution in [0.2, 0.25) is 0 Å². The van der Waals surface area contributed by atoms with Crippen molar-refractivity contribution < 1.29 is 0 Å². The van der Waals surface area contributed by atoms with Gasteiger partial charge < -0.3 is 5.32 Å². The van der Waals surface area contributed by atoms with E-state index in [0.717, 1.165) is 35.5 Å². The summed E-state index contributed by atoms with van der Waals surface area (Å²) in [6, 6.07) is 11.5. The number of nitriles is 1. The van der Waals surface area contributed by atoms with Crippen molar-refractivity contribution >= 4 is 0 Å². The van der Waals surface area contributed by atoms with Crippen LogP contribution >= 0.6 is 0 Å². The average molecular weight is 265 g/mol. The molecule has 1 aromatic heterocycles. The molecule has 0 aliphatic carbocycles. The third-order valence-corrected chi connectivity index (χ3v) is 3.72. The first-order valence-electron chi connectivity index (χ1n) is 6.67. The fraction of sp³-hybridized carbons (Fsp3) is 0.250. The number of nitrogens with one attached hydrogen (secondary N) is 1. The Morgan fingerprint density at radius 3 is 2.90 bits per heavy atom. The van der Waals surface area contributed by atoms with Gasteiger partial charge in [-0.2, -0.15) is 5.26 Å². The summed E-state index contributed by atoms with van der Waals surface area (Å²) in [4.78, 5) is 12.5. The second-order valence-corrected chi connectivity index (χ2v) is 5.00. The molecule has 0 bridgehead atoms. The van der Waals surface area contributed by atoms with Crippen LogP contribution in [0.15, 0.2) is 35.1 Å². The SMILES string of the molecule is Cc1ccccc1-n1c2c(cc(C#N)c1=O)CNCC2. The molecule has 0 spiro atoms. The first-order chi connectivity index (χ1) is 9.72. The Bertz CT molecular complexity index is 768. The van der Waals surface area contributed by atoms with Gasteiger partial charge in [0.05, 0.1) is 5.69 Å². The van der Waals surface area contributed by atoms with Gasteiger partial charge in [-0.1, -0.05) is 18.2 Å². The molecule has 4 heteroatoms. The van der Waals surface area contributed by atoms with E-state index in [1.165, 1.54) is 0 Å². The molecule has 100 valence electrons. The summed E-state index contributed by atoms with van der Waals surface area (Å²) in [6.07, 6.45) is 0.796. The fourth-order valence-electron chi connectivity index (χ4n) is 2.71. The molecule has 2 heterocycles. The molecule has 1 aromatic carbocycles. The maximum atomic E-state index is 12.5. The molecular formula is C16H15N3O. The lowest BCUT2D eigenvalue weighted by molar-refractivity contribution is 0.612. The number of rotatable bonds is 1. The molecule has 0 amide bonds. The van der Waals surface area contributed by atoms with Gasteiger partial charge in [-0.3, -0.25) is 9.36 Å². The van der Waals surface area contributed by atoms with Crippen LogP contribution in [0.25, 0.3) is 5.69 Å². The van der Waals surface area contributed by atoms with Crippen LogP contribution in [0.1, 0.15) is 22.4 Å². The number of hydrogen-bond donors (Lipinski definition) is 1. The lowest BCUT2D eigenvalue weighted by Crippen LogP contribution is -2.33. The normalized spacial score (nSPS) is 13.6. The van der Waals surface area contributed by atoms with Gasteiger partial charge in [0.25, 0.3) is 5.56 Å². The predicted molar refractivity (Wildman–Crippen MR) is 76.9 cm³/mol. The Morgan fingerprint density at radius 2 is 2.15 bits per heavy atom. The number of para-hydroxylation sites is 1. The molecule has 1 aliphatic rings. The average Bonchev–Trinajstić information content (AvgIpc) is 2.48. The summed E-state index contributed by atoms with van der Waals surface area (Å²) in [6.45, 7) is 3.54. The number of nitrogens with zero attached hydrogens (tertiary/aromatic N) is 2. The number of hydrogen-bond acceptors (Lipinski definition) is 3. The molecule has 2 aromatic rings. The van der Waals surface area contributed by atoms with E-state index in [-0.39, 0.29) is 11.1 Å². The van der Waals surface area contributed by atoms with Gasteiger partial charge >= 0.3 is 0 Å². The van der Waals surface area contributed by atoms with Crippen LogP contribution in [0.5, 0.6) is 0 Å². The van der Waals surface area contributed by atoms with Gasteiger partial charge in [-0.25, -0.2) is 0 Å². The Hall–Kier alpha value is -2.38. The van der Waals surface area contributed by atoms with Crippen molar-refractivity contribution in [1.82, 2.24) is 9.88 Å². The maximum absolute atomic E-state index is 12.5. The number of pyridine rings is 1. The summed E-state index contributed by atoms with van der Waals surface area (Å²) in [5.74, 6) is 0. The second-order valence-electron chi connectivity index (χ2n) is 5.00. The molecule has 0 unspecified atom stereocenters. The van der Waals surface area contributed by atoms with Crippen molar-refractivity contribution in [3.63, 3.8) is 0 Å². The minimum atomic E-state index is -0.220. The summed E-state index contributed by atoms with van der Waals surface area (Å²) in [5, 5.41) is 12.5. The van der Waals surface area contributed by atoms with E-state index in [1.54, 1.807) is 10.6 Å². The molecule has 20 heavy (non-hydrogen) atoms. The number of aromatic nitrogens is 1. The lowest BCUT2D eigenvalue weighted by atomic mass is 10.0. The largest absolute Gasteiger partial charge is 0.312 e. The summed E-state index contributed by atoms with van der Waals surface area (Å²) in [7, 11) is 0. The molecule has 0 saturated heterocycles. The third kappa shape index (κ3) is 1.93. The number of benzene rings is 1. The fourth-order valence-corrected chi connectivity index (χ4v) is 2.71. The van der Waals surface area contributed by atoms with E-state index in [2.05, 4.69) is 5.32 Å². The molecule has 3 rings (SSSR count). The van der Waals surface area contributed by atoms with E-state index in [4.69, 9.17) is 0 Å². The van der Waals surface area contributed by atoms with Gasteiger partial charge in [0, 0.05) is 25.2 Å². The monoisotopic (exact) mass is 265 g/mol. The van der Waals surface area contributed by atoms with Gasteiger partial charge in [0.2, 0.25) is 0 Å². The molecule has 0 fully saturated rings. The van der Waals surface area contributed by atoms with Crippen LogP contribution in [-0.2, 0) is 13.0 Å². The van der Waals surface area contributed by atoms with E-state index >= 15 is 0 Å². The van der Waals surface area contributed by atoms with Crippen LogP contribution in [0, 0.1) is 18.3 Å².